The van der Waals surface area contributed by atoms with Crippen LogP contribution in [0.25, 0.3) is 0 Å². The van der Waals surface area contributed by atoms with Crippen molar-refractivity contribution < 1.29 is 28.5 Å². The lowest BCUT2D eigenvalue weighted by atomic mass is 10.0. The molecule has 0 aliphatic carbocycles. The van der Waals surface area contributed by atoms with E-state index in [4.69, 9.17) is 14.9 Å². The van der Waals surface area contributed by atoms with Gasteiger partial charge in [-0.25, -0.2) is 4.57 Å². The minimum Gasteiger partial charge on any atom is -0.401 e. The van der Waals surface area contributed by atoms with Gasteiger partial charge < -0.3 is 14.9 Å². The molecule has 0 aliphatic rings. The summed E-state index contributed by atoms with van der Waals surface area (Å²) in [4.78, 5) is 9.08. The average molecular weight is 366 g/mol. The van der Waals surface area contributed by atoms with Crippen molar-refractivity contribution in [3.63, 3.8) is 0 Å². The highest BCUT2D eigenvalue weighted by molar-refractivity contribution is 7.48. The highest BCUT2D eigenvalue weighted by Gasteiger charge is 2.27. The van der Waals surface area contributed by atoms with E-state index in [-0.39, 0.29) is 6.61 Å². The third-order valence-electron chi connectivity index (χ3n) is 3.98. The van der Waals surface area contributed by atoms with E-state index in [1.807, 2.05) is 0 Å². The summed E-state index contributed by atoms with van der Waals surface area (Å²) >= 11 is 0. The molecule has 0 saturated heterocycles. The third-order valence-corrected chi connectivity index (χ3v) is 4.94. The molecule has 0 rings (SSSR count). The second-order valence-electron chi connectivity index (χ2n) is 6.33. The predicted molar refractivity (Wildman–Crippen MR) is 97.4 cm³/mol. The monoisotopic (exact) mass is 366 g/mol. The summed E-state index contributed by atoms with van der Waals surface area (Å²) in [6.07, 6.45) is 17.3. The molecule has 0 spiro atoms. The number of hydrogen-bond donors (Lipinski definition) is 3. The molecular weight excluding hydrogens is 330 g/mol. The van der Waals surface area contributed by atoms with Crippen LogP contribution in [-0.4, -0.2) is 28.9 Å². The maximum atomic E-state index is 11.1. The van der Waals surface area contributed by atoms with Crippen molar-refractivity contribution >= 4 is 15.1 Å². The van der Waals surface area contributed by atoms with Gasteiger partial charge in [0.15, 0.2) is 0 Å². The normalized spacial score (nSPS) is 13.8. The lowest BCUT2D eigenvalue weighted by Gasteiger charge is -2.11. The number of phosphoric ester groups is 1. The molecule has 0 saturated carbocycles. The molecule has 0 heterocycles. The van der Waals surface area contributed by atoms with Crippen LogP contribution in [0.15, 0.2) is 0 Å². The molecule has 3 N–H and O–H groups in total. The van der Waals surface area contributed by atoms with Crippen molar-refractivity contribution in [3.05, 3.63) is 0 Å². The Bertz CT molecular complexity index is 317. The van der Waals surface area contributed by atoms with E-state index in [1.165, 1.54) is 70.6 Å². The molecule has 144 valence electrons. The van der Waals surface area contributed by atoms with Crippen LogP contribution in [-0.2, 0) is 13.5 Å². The van der Waals surface area contributed by atoms with Crippen LogP contribution in [0.3, 0.4) is 0 Å². The molecule has 1 unspecified atom stereocenters. The Labute approximate surface area is 147 Å². The fourth-order valence-electron chi connectivity index (χ4n) is 2.63. The molecule has 0 bridgehead atoms. The number of hydrogen-bond acceptors (Lipinski definition) is 5. The van der Waals surface area contributed by atoms with Crippen molar-refractivity contribution in [1.29, 1.82) is 0 Å². The lowest BCUT2D eigenvalue weighted by Crippen LogP contribution is -2.15. The number of phosphoric acid groups is 1. The molecule has 0 fully saturated rings. The highest BCUT2D eigenvalue weighted by atomic mass is 31.2. The van der Waals surface area contributed by atoms with Gasteiger partial charge in [0.2, 0.25) is 0 Å². The Kier molecular flexibility index (Phi) is 16.6. The summed E-state index contributed by atoms with van der Waals surface area (Å²) in [7, 11) is -6.63. The maximum absolute atomic E-state index is 11.1. The van der Waals surface area contributed by atoms with Gasteiger partial charge in [-0.05, 0) is 6.42 Å². The molecule has 6 nitrogen and oxygen atoms in total. The van der Waals surface area contributed by atoms with Gasteiger partial charge in [-0.15, -0.1) is 0 Å². The standard InChI is InChI=1S/C16H36BO6P/c1-2-3-4-5-6-7-8-9-10-11-12-13-14-15-16-22-24(20,21)23-17(18)19/h18-19H,2-16H2,1H3,(H,20,21). The summed E-state index contributed by atoms with van der Waals surface area (Å²) in [5.74, 6) is 0. The highest BCUT2D eigenvalue weighted by Crippen LogP contribution is 2.43. The maximum Gasteiger partial charge on any atom is 0.642 e. The van der Waals surface area contributed by atoms with Crippen LogP contribution in [0, 0.1) is 0 Å². The first kappa shape index (κ1) is 24.1. The largest absolute Gasteiger partial charge is 0.642 e. The Morgan fingerprint density at radius 1 is 0.750 bits per heavy atom. The summed E-state index contributed by atoms with van der Waals surface area (Å²) in [6.45, 7) is 2.33. The van der Waals surface area contributed by atoms with Gasteiger partial charge in [0, 0.05) is 0 Å². The topological polar surface area (TPSA) is 96.2 Å². The third kappa shape index (κ3) is 18.4. The fourth-order valence-corrected chi connectivity index (χ4v) is 3.29. The van der Waals surface area contributed by atoms with E-state index in [0.29, 0.717) is 6.42 Å². The van der Waals surface area contributed by atoms with Crippen LogP contribution < -0.4 is 0 Å². The summed E-state index contributed by atoms with van der Waals surface area (Å²) in [5, 5.41) is 16.9. The van der Waals surface area contributed by atoms with E-state index in [0.717, 1.165) is 12.8 Å². The minimum absolute atomic E-state index is 0.0819. The summed E-state index contributed by atoms with van der Waals surface area (Å²) in [5.41, 5.74) is 0. The number of rotatable bonds is 18. The molecule has 8 heteroatoms. The van der Waals surface area contributed by atoms with E-state index in [1.54, 1.807) is 0 Å². The van der Waals surface area contributed by atoms with Gasteiger partial charge in [0.05, 0.1) is 6.61 Å². The first-order valence-electron chi connectivity index (χ1n) is 9.50. The molecule has 0 aromatic rings. The van der Waals surface area contributed by atoms with Gasteiger partial charge in [-0.3, -0.25) is 8.96 Å². The molecule has 0 aliphatic heterocycles. The molecule has 0 aromatic carbocycles. The SMILES string of the molecule is CCCCCCCCCCCCCCCCOP(=O)(O)OB(O)O. The second-order valence-corrected chi connectivity index (χ2v) is 7.74. The van der Waals surface area contributed by atoms with Gasteiger partial charge in [0.25, 0.3) is 0 Å². The first-order valence-corrected chi connectivity index (χ1v) is 11.0. The van der Waals surface area contributed by atoms with E-state index in [9.17, 15) is 4.57 Å². The van der Waals surface area contributed by atoms with Crippen molar-refractivity contribution in [2.45, 2.75) is 96.8 Å². The predicted octanol–water partition coefficient (Wildman–Crippen LogP) is 4.57. The minimum atomic E-state index is -4.34. The zero-order chi connectivity index (χ0) is 18.1. The van der Waals surface area contributed by atoms with E-state index in [2.05, 4.69) is 15.9 Å². The number of unbranched alkanes of at least 4 members (excludes halogenated alkanes) is 13. The Balaban J connectivity index is 3.19. The van der Waals surface area contributed by atoms with Crippen LogP contribution in [0.4, 0.5) is 0 Å². The second kappa shape index (κ2) is 16.6. The summed E-state index contributed by atoms with van der Waals surface area (Å²) in [6, 6.07) is 0. The van der Waals surface area contributed by atoms with E-state index < -0.39 is 15.1 Å². The van der Waals surface area contributed by atoms with Gasteiger partial charge in [0.1, 0.15) is 0 Å². The van der Waals surface area contributed by atoms with Crippen LogP contribution in [0.5, 0.6) is 0 Å². The quantitative estimate of drug-likeness (QED) is 0.187. The van der Waals surface area contributed by atoms with Crippen molar-refractivity contribution in [3.8, 4) is 0 Å². The molecule has 0 amide bonds. The average Bonchev–Trinajstić information content (AvgIpc) is 2.49. The summed E-state index contributed by atoms with van der Waals surface area (Å²) < 4.78 is 19.7. The zero-order valence-corrected chi connectivity index (χ0v) is 16.1. The molecular formula is C16H36BO6P. The first-order chi connectivity index (χ1) is 11.5. The van der Waals surface area contributed by atoms with Gasteiger partial charge in [-0.1, -0.05) is 90.4 Å². The van der Waals surface area contributed by atoms with E-state index >= 15 is 0 Å². The van der Waals surface area contributed by atoms with Gasteiger partial charge in [-0.2, -0.15) is 0 Å². The van der Waals surface area contributed by atoms with Gasteiger partial charge >= 0.3 is 15.1 Å². The molecule has 0 radical (unpaired) electrons. The fraction of sp³-hybridized carbons (Fsp3) is 1.00. The zero-order valence-electron chi connectivity index (χ0n) is 15.2. The molecule has 24 heavy (non-hydrogen) atoms. The molecule has 1 atom stereocenters. The van der Waals surface area contributed by atoms with Crippen molar-refractivity contribution in [1.82, 2.24) is 0 Å². The van der Waals surface area contributed by atoms with Crippen LogP contribution in [0.1, 0.15) is 96.8 Å². The van der Waals surface area contributed by atoms with Crippen LogP contribution in [0.2, 0.25) is 0 Å². The van der Waals surface area contributed by atoms with Crippen LogP contribution >= 0.6 is 7.82 Å². The van der Waals surface area contributed by atoms with Crippen molar-refractivity contribution in [2.24, 2.45) is 0 Å². The smallest absolute Gasteiger partial charge is 0.401 e. The van der Waals surface area contributed by atoms with Crippen molar-refractivity contribution in [2.75, 3.05) is 6.61 Å². The Morgan fingerprint density at radius 2 is 1.12 bits per heavy atom. The Morgan fingerprint density at radius 3 is 1.50 bits per heavy atom. The Hall–Kier alpha value is 0.0949. The molecule has 0 aromatic heterocycles. The lowest BCUT2D eigenvalue weighted by molar-refractivity contribution is 0.170.